The van der Waals surface area contributed by atoms with Crippen LogP contribution in [0.1, 0.15) is 5.56 Å². The monoisotopic (exact) mass is 273 g/mol. The average Bonchev–Trinajstić information content (AvgIpc) is 2.75. The summed E-state index contributed by atoms with van der Waals surface area (Å²) in [5.74, 6) is -2.45. The van der Waals surface area contributed by atoms with Gasteiger partial charge in [-0.2, -0.15) is 8.78 Å². The van der Waals surface area contributed by atoms with Crippen LogP contribution in [0.3, 0.4) is 0 Å². The number of nitrogens with one attached hydrogen (secondary N) is 1. The van der Waals surface area contributed by atoms with Gasteiger partial charge in [0, 0.05) is 6.54 Å². The number of alkyl halides is 2. The quantitative estimate of drug-likeness (QED) is 0.847. The van der Waals surface area contributed by atoms with E-state index < -0.39 is 5.76 Å². The number of anilines is 1. The Hall–Kier alpha value is -1.21. The van der Waals surface area contributed by atoms with Crippen LogP contribution in [0.2, 0.25) is 0 Å². The Morgan fingerprint density at radius 3 is 2.71 bits per heavy atom. The zero-order valence-electron chi connectivity index (χ0n) is 8.64. The van der Waals surface area contributed by atoms with Gasteiger partial charge in [0.25, 0.3) is 5.76 Å². The Morgan fingerprint density at radius 2 is 2.00 bits per heavy atom. The fraction of sp³-hybridized carbons (Fsp3) is 0.200. The third-order valence-electron chi connectivity index (χ3n) is 1.88. The number of thioether (sulfide) groups is 1. The summed E-state index contributed by atoms with van der Waals surface area (Å²) in [4.78, 5) is 0. The summed E-state index contributed by atoms with van der Waals surface area (Å²) < 4.78 is 24.4. The van der Waals surface area contributed by atoms with E-state index >= 15 is 0 Å². The second-order valence-corrected chi connectivity index (χ2v) is 5.31. The molecule has 0 spiro atoms. The summed E-state index contributed by atoms with van der Waals surface area (Å²) in [6, 6.07) is 9.77. The lowest BCUT2D eigenvalue weighted by atomic mass is 10.2. The Kier molecular flexibility index (Phi) is 4.27. The fourth-order valence-electron chi connectivity index (χ4n) is 1.18. The number of rotatable bonds is 5. The Balaban J connectivity index is 1.89. The van der Waals surface area contributed by atoms with Crippen molar-refractivity contribution in [3.8, 4) is 0 Å². The molecule has 0 aliphatic rings. The van der Waals surface area contributed by atoms with E-state index in [2.05, 4.69) is 15.5 Å². The number of nitrogens with zero attached hydrogens (tertiary/aromatic N) is 2. The molecule has 2 rings (SSSR count). The van der Waals surface area contributed by atoms with Crippen LogP contribution in [-0.4, -0.2) is 16.0 Å². The molecule has 7 heteroatoms. The lowest BCUT2D eigenvalue weighted by Crippen LogP contribution is -1.98. The van der Waals surface area contributed by atoms with Gasteiger partial charge in [-0.05, 0) is 17.3 Å². The van der Waals surface area contributed by atoms with Crippen molar-refractivity contribution in [3.63, 3.8) is 0 Å². The zero-order chi connectivity index (χ0) is 12.1. The van der Waals surface area contributed by atoms with E-state index in [0.29, 0.717) is 23.4 Å². The molecule has 0 fully saturated rings. The van der Waals surface area contributed by atoms with Crippen molar-refractivity contribution in [3.05, 3.63) is 35.9 Å². The van der Waals surface area contributed by atoms with Gasteiger partial charge in [0.1, 0.15) is 0 Å². The highest BCUT2D eigenvalue weighted by Gasteiger charge is 2.10. The third-order valence-corrected chi connectivity index (χ3v) is 3.56. The minimum atomic E-state index is -2.45. The molecule has 3 nitrogen and oxygen atoms in total. The lowest BCUT2D eigenvalue weighted by molar-refractivity contribution is 0.252. The van der Waals surface area contributed by atoms with Crippen molar-refractivity contribution >= 4 is 28.2 Å². The van der Waals surface area contributed by atoms with Crippen molar-refractivity contribution in [1.82, 2.24) is 10.2 Å². The Bertz CT molecular complexity index is 462. The maximum absolute atomic E-state index is 12.1. The van der Waals surface area contributed by atoms with Crippen molar-refractivity contribution in [2.24, 2.45) is 0 Å². The molecule has 0 aliphatic carbocycles. The molecule has 0 amide bonds. The maximum Gasteiger partial charge on any atom is 0.291 e. The lowest BCUT2D eigenvalue weighted by Gasteiger charge is -2.00. The molecule has 1 aromatic heterocycles. The van der Waals surface area contributed by atoms with E-state index in [1.807, 2.05) is 30.3 Å². The van der Waals surface area contributed by atoms with E-state index in [1.54, 1.807) is 0 Å². The molecular weight excluding hydrogens is 264 g/mol. The van der Waals surface area contributed by atoms with Gasteiger partial charge >= 0.3 is 0 Å². The molecule has 0 radical (unpaired) electrons. The van der Waals surface area contributed by atoms with Crippen molar-refractivity contribution in [2.75, 3.05) is 5.32 Å². The highest BCUT2D eigenvalue weighted by molar-refractivity contribution is 8.01. The highest BCUT2D eigenvalue weighted by Crippen LogP contribution is 2.30. The predicted octanol–water partition coefficient (Wildman–Crippen LogP) is 3.46. The number of hydrogen-bond acceptors (Lipinski definition) is 5. The van der Waals surface area contributed by atoms with Crippen molar-refractivity contribution in [1.29, 1.82) is 0 Å². The minimum Gasteiger partial charge on any atom is -0.356 e. The van der Waals surface area contributed by atoms with Crippen LogP contribution in [-0.2, 0) is 6.54 Å². The van der Waals surface area contributed by atoms with Crippen LogP contribution in [0.25, 0.3) is 0 Å². The minimum absolute atomic E-state index is 0.274. The molecular formula is C10H9F2N3S2. The summed E-state index contributed by atoms with van der Waals surface area (Å²) in [5.41, 5.74) is 1.10. The molecule has 0 aliphatic heterocycles. The summed E-state index contributed by atoms with van der Waals surface area (Å²) in [5, 5.41) is 11.0. The largest absolute Gasteiger partial charge is 0.356 e. The third kappa shape index (κ3) is 3.94. The first-order valence-corrected chi connectivity index (χ1v) is 6.50. The molecule has 1 aromatic carbocycles. The molecule has 0 atom stereocenters. The second-order valence-electron chi connectivity index (χ2n) is 3.09. The van der Waals surface area contributed by atoms with E-state index in [0.717, 1.165) is 16.9 Å². The first-order valence-electron chi connectivity index (χ1n) is 4.80. The highest BCUT2D eigenvalue weighted by atomic mass is 32.2. The molecule has 1 N–H and O–H groups in total. The van der Waals surface area contributed by atoms with Gasteiger partial charge in [0.15, 0.2) is 4.34 Å². The van der Waals surface area contributed by atoms with Crippen LogP contribution >= 0.6 is 23.1 Å². The van der Waals surface area contributed by atoms with Crippen LogP contribution < -0.4 is 5.32 Å². The molecule has 0 unspecified atom stereocenters. The molecule has 90 valence electrons. The molecule has 2 aromatic rings. The van der Waals surface area contributed by atoms with Gasteiger partial charge in [0.2, 0.25) is 5.13 Å². The van der Waals surface area contributed by atoms with Crippen LogP contribution in [0.5, 0.6) is 0 Å². The zero-order valence-corrected chi connectivity index (χ0v) is 10.3. The van der Waals surface area contributed by atoms with Crippen molar-refractivity contribution in [2.45, 2.75) is 16.6 Å². The first-order chi connectivity index (χ1) is 8.24. The Labute approximate surface area is 105 Å². The molecule has 17 heavy (non-hydrogen) atoms. The van der Waals surface area contributed by atoms with Gasteiger partial charge in [-0.3, -0.25) is 0 Å². The van der Waals surface area contributed by atoms with Gasteiger partial charge < -0.3 is 5.32 Å². The van der Waals surface area contributed by atoms with Gasteiger partial charge in [-0.25, -0.2) is 0 Å². The van der Waals surface area contributed by atoms with Gasteiger partial charge in [-0.15, -0.1) is 10.2 Å². The summed E-state index contributed by atoms with van der Waals surface area (Å²) >= 11 is 1.54. The van der Waals surface area contributed by atoms with Gasteiger partial charge in [0.05, 0.1) is 0 Å². The smallest absolute Gasteiger partial charge is 0.291 e. The van der Waals surface area contributed by atoms with Crippen molar-refractivity contribution < 1.29 is 8.78 Å². The summed E-state index contributed by atoms with van der Waals surface area (Å²) in [6.45, 7) is 0.606. The summed E-state index contributed by atoms with van der Waals surface area (Å²) in [7, 11) is 0. The van der Waals surface area contributed by atoms with Crippen LogP contribution in [0.4, 0.5) is 13.9 Å². The maximum atomic E-state index is 12.1. The SMILES string of the molecule is FC(F)Sc1nnc(NCc2ccccc2)s1. The molecule has 0 saturated heterocycles. The van der Waals surface area contributed by atoms with E-state index in [-0.39, 0.29) is 4.34 Å². The predicted molar refractivity (Wildman–Crippen MR) is 65.5 cm³/mol. The fourth-order valence-corrected chi connectivity index (χ4v) is 2.54. The first kappa shape index (κ1) is 12.3. The van der Waals surface area contributed by atoms with E-state index in [9.17, 15) is 8.78 Å². The summed E-state index contributed by atoms with van der Waals surface area (Å²) in [6.07, 6.45) is 0. The number of aromatic nitrogens is 2. The number of hydrogen-bond donors (Lipinski definition) is 1. The van der Waals surface area contributed by atoms with Gasteiger partial charge in [-0.1, -0.05) is 41.7 Å². The normalized spacial score (nSPS) is 10.8. The number of halogens is 2. The molecule has 0 saturated carbocycles. The van der Waals surface area contributed by atoms with E-state index in [4.69, 9.17) is 0 Å². The average molecular weight is 273 g/mol. The molecule has 0 bridgehead atoms. The standard InChI is InChI=1S/C10H9F2N3S2/c11-8(12)16-10-15-14-9(17-10)13-6-7-4-2-1-3-5-7/h1-5,8H,6H2,(H,13,14). The second kappa shape index (κ2) is 5.92. The van der Waals surface area contributed by atoms with E-state index in [1.165, 1.54) is 0 Å². The van der Waals surface area contributed by atoms with Crippen LogP contribution in [0, 0.1) is 0 Å². The number of benzene rings is 1. The Morgan fingerprint density at radius 1 is 1.24 bits per heavy atom. The van der Waals surface area contributed by atoms with Crippen LogP contribution in [0.15, 0.2) is 34.7 Å². The topological polar surface area (TPSA) is 37.8 Å². The molecule has 1 heterocycles.